The monoisotopic (exact) mass is 959 g/mol. The molecule has 0 aliphatic heterocycles. The van der Waals surface area contributed by atoms with Gasteiger partial charge in [0.2, 0.25) is 0 Å². The van der Waals surface area contributed by atoms with E-state index in [1.165, 1.54) is 103 Å². The summed E-state index contributed by atoms with van der Waals surface area (Å²) >= 11 is 0. The summed E-state index contributed by atoms with van der Waals surface area (Å²) in [5.41, 5.74) is 0. The molecule has 0 aliphatic rings. The SMILES string of the molecule is CC/C=C\C/C=C\C/C=C\C/C=C\C/C=C\CCCCCC(=O)OCC(COC(=O)CCCCCCC/C=C\C/C=C\CCCC)OC(=O)CCCCCCCCC/C=C\CCCCCCCCC. The molecule has 0 aromatic rings. The Morgan fingerprint density at radius 1 is 0.304 bits per heavy atom. The van der Waals surface area contributed by atoms with Crippen LogP contribution in [-0.2, 0) is 28.6 Å². The van der Waals surface area contributed by atoms with Crippen molar-refractivity contribution in [2.24, 2.45) is 0 Å². The van der Waals surface area contributed by atoms with Crippen molar-refractivity contribution in [3.05, 3.63) is 97.2 Å². The Labute approximate surface area is 426 Å². The van der Waals surface area contributed by atoms with E-state index in [-0.39, 0.29) is 31.1 Å². The van der Waals surface area contributed by atoms with Gasteiger partial charge >= 0.3 is 17.9 Å². The Balaban J connectivity index is 4.47. The fourth-order valence-corrected chi connectivity index (χ4v) is 7.71. The van der Waals surface area contributed by atoms with Crippen LogP contribution in [0.15, 0.2) is 97.2 Å². The number of allylic oxidation sites excluding steroid dienone is 16. The zero-order valence-corrected chi connectivity index (χ0v) is 45.0. The van der Waals surface area contributed by atoms with Gasteiger partial charge in [-0.05, 0) is 116 Å². The molecule has 1 unspecified atom stereocenters. The lowest BCUT2D eigenvalue weighted by Gasteiger charge is -2.18. The van der Waals surface area contributed by atoms with Crippen LogP contribution in [0.3, 0.4) is 0 Å². The van der Waals surface area contributed by atoms with Gasteiger partial charge in [-0.15, -0.1) is 0 Å². The minimum atomic E-state index is -0.801. The third kappa shape index (κ3) is 55.1. The zero-order valence-electron chi connectivity index (χ0n) is 45.0. The van der Waals surface area contributed by atoms with E-state index in [1.54, 1.807) is 0 Å². The fraction of sp³-hybridized carbons (Fsp3) is 0.698. The van der Waals surface area contributed by atoms with E-state index in [0.29, 0.717) is 19.3 Å². The van der Waals surface area contributed by atoms with Crippen molar-refractivity contribution in [3.8, 4) is 0 Å². The second-order valence-corrected chi connectivity index (χ2v) is 18.8. The Morgan fingerprint density at radius 2 is 0.580 bits per heavy atom. The van der Waals surface area contributed by atoms with Gasteiger partial charge in [-0.3, -0.25) is 14.4 Å². The number of hydrogen-bond acceptors (Lipinski definition) is 6. The van der Waals surface area contributed by atoms with E-state index >= 15 is 0 Å². The van der Waals surface area contributed by atoms with Gasteiger partial charge in [0.1, 0.15) is 13.2 Å². The smallest absolute Gasteiger partial charge is 0.306 e. The molecule has 0 heterocycles. The summed E-state index contributed by atoms with van der Waals surface area (Å²) in [6.07, 6.45) is 75.3. The standard InChI is InChI=1S/C63H106O6/c1-4-7-10-13-16-19-22-25-28-30-32-34-35-38-41-44-47-50-53-56-62(65)68-59-60(58-67-61(64)55-52-49-46-43-40-37-27-24-21-18-15-12-9-6-3)69-63(66)57-54-51-48-45-42-39-36-33-31-29-26-23-20-17-14-11-8-5-2/h7,10,15-16,18-19,24-25,27-29,31-32,34,38,41,60H,4-6,8-9,11-14,17,20-23,26,30,33,35-37,39-40,42-59H2,1-3H3/b10-7-,18-15-,19-16-,27-24-,28-25-,31-29-,34-32-,41-38-. The van der Waals surface area contributed by atoms with E-state index < -0.39 is 6.10 Å². The Kier molecular flexibility index (Phi) is 53.9. The number of carbonyl (C=O) groups is 3. The van der Waals surface area contributed by atoms with E-state index in [0.717, 1.165) is 122 Å². The molecular formula is C63H106O6. The van der Waals surface area contributed by atoms with Gasteiger partial charge in [0.25, 0.3) is 0 Å². The highest BCUT2D eigenvalue weighted by Gasteiger charge is 2.19. The Morgan fingerprint density at radius 3 is 0.957 bits per heavy atom. The van der Waals surface area contributed by atoms with Crippen LogP contribution >= 0.6 is 0 Å². The molecule has 0 aromatic heterocycles. The van der Waals surface area contributed by atoms with Gasteiger partial charge in [-0.25, -0.2) is 0 Å². The summed E-state index contributed by atoms with van der Waals surface area (Å²) in [6.45, 7) is 6.45. The third-order valence-electron chi connectivity index (χ3n) is 12.0. The first-order valence-electron chi connectivity index (χ1n) is 28.7. The average molecular weight is 960 g/mol. The van der Waals surface area contributed by atoms with Crippen LogP contribution in [0, 0.1) is 0 Å². The van der Waals surface area contributed by atoms with Gasteiger partial charge in [-0.1, -0.05) is 227 Å². The normalized spacial score (nSPS) is 12.8. The third-order valence-corrected chi connectivity index (χ3v) is 12.0. The molecule has 0 aromatic carbocycles. The molecule has 0 saturated carbocycles. The maximum absolute atomic E-state index is 12.9. The van der Waals surface area contributed by atoms with Crippen molar-refractivity contribution in [1.82, 2.24) is 0 Å². The van der Waals surface area contributed by atoms with E-state index in [1.807, 2.05) is 0 Å². The number of esters is 3. The second kappa shape index (κ2) is 56.9. The molecule has 0 radical (unpaired) electrons. The van der Waals surface area contributed by atoms with Crippen molar-refractivity contribution < 1.29 is 28.6 Å². The molecule has 0 fully saturated rings. The van der Waals surface area contributed by atoms with Crippen LogP contribution in [0.4, 0.5) is 0 Å². The average Bonchev–Trinajstić information content (AvgIpc) is 3.35. The van der Waals surface area contributed by atoms with Crippen LogP contribution in [0.25, 0.3) is 0 Å². The summed E-state index contributed by atoms with van der Waals surface area (Å²) in [6, 6.07) is 0. The molecule has 0 bridgehead atoms. The number of rotatable bonds is 51. The molecular weight excluding hydrogens is 853 g/mol. The van der Waals surface area contributed by atoms with Gasteiger partial charge in [-0.2, -0.15) is 0 Å². The fourth-order valence-electron chi connectivity index (χ4n) is 7.71. The van der Waals surface area contributed by atoms with Crippen molar-refractivity contribution in [3.63, 3.8) is 0 Å². The highest BCUT2D eigenvalue weighted by Crippen LogP contribution is 2.14. The van der Waals surface area contributed by atoms with Gasteiger partial charge in [0.05, 0.1) is 0 Å². The molecule has 0 spiro atoms. The molecule has 0 amide bonds. The maximum atomic E-state index is 12.9. The molecule has 0 saturated heterocycles. The first-order valence-corrected chi connectivity index (χ1v) is 28.7. The predicted octanol–water partition coefficient (Wildman–Crippen LogP) is 19.3. The van der Waals surface area contributed by atoms with Crippen LogP contribution in [0.5, 0.6) is 0 Å². The number of unbranched alkanes of at least 4 members (excludes halogenated alkanes) is 24. The topological polar surface area (TPSA) is 78.9 Å². The van der Waals surface area contributed by atoms with E-state index in [4.69, 9.17) is 14.2 Å². The highest BCUT2D eigenvalue weighted by atomic mass is 16.6. The van der Waals surface area contributed by atoms with Gasteiger partial charge < -0.3 is 14.2 Å². The maximum Gasteiger partial charge on any atom is 0.306 e. The summed E-state index contributed by atoms with van der Waals surface area (Å²) in [5.74, 6) is -0.945. The molecule has 0 aliphatic carbocycles. The molecule has 6 nitrogen and oxygen atoms in total. The molecule has 0 rings (SSSR count). The van der Waals surface area contributed by atoms with Crippen molar-refractivity contribution in [2.75, 3.05) is 13.2 Å². The summed E-state index contributed by atoms with van der Waals surface area (Å²) in [7, 11) is 0. The number of carbonyl (C=O) groups excluding carboxylic acids is 3. The van der Waals surface area contributed by atoms with Gasteiger partial charge in [0.15, 0.2) is 6.10 Å². The molecule has 394 valence electrons. The lowest BCUT2D eigenvalue weighted by atomic mass is 10.1. The highest BCUT2D eigenvalue weighted by molar-refractivity contribution is 5.71. The van der Waals surface area contributed by atoms with Crippen molar-refractivity contribution in [1.29, 1.82) is 0 Å². The number of hydrogen-bond donors (Lipinski definition) is 0. The second-order valence-electron chi connectivity index (χ2n) is 18.8. The molecule has 6 heteroatoms. The lowest BCUT2D eigenvalue weighted by Crippen LogP contribution is -2.30. The first kappa shape index (κ1) is 65.3. The Hall–Kier alpha value is -3.67. The van der Waals surface area contributed by atoms with E-state index in [9.17, 15) is 14.4 Å². The summed E-state index contributed by atoms with van der Waals surface area (Å²) in [5, 5.41) is 0. The van der Waals surface area contributed by atoms with Gasteiger partial charge in [0, 0.05) is 19.3 Å². The minimum Gasteiger partial charge on any atom is -0.462 e. The summed E-state index contributed by atoms with van der Waals surface area (Å²) in [4.78, 5) is 38.2. The van der Waals surface area contributed by atoms with Crippen LogP contribution in [0.2, 0.25) is 0 Å². The van der Waals surface area contributed by atoms with Crippen LogP contribution in [0.1, 0.15) is 265 Å². The number of ether oxygens (including phenoxy) is 3. The summed E-state index contributed by atoms with van der Waals surface area (Å²) < 4.78 is 16.8. The van der Waals surface area contributed by atoms with E-state index in [2.05, 4.69) is 118 Å². The lowest BCUT2D eigenvalue weighted by molar-refractivity contribution is -0.167. The van der Waals surface area contributed by atoms with Crippen LogP contribution in [-0.4, -0.2) is 37.2 Å². The van der Waals surface area contributed by atoms with Crippen molar-refractivity contribution >= 4 is 17.9 Å². The minimum absolute atomic E-state index is 0.0977. The predicted molar refractivity (Wildman–Crippen MR) is 297 cm³/mol. The molecule has 69 heavy (non-hydrogen) atoms. The van der Waals surface area contributed by atoms with Crippen LogP contribution < -0.4 is 0 Å². The molecule has 0 N–H and O–H groups in total. The quantitative estimate of drug-likeness (QED) is 0.0262. The largest absolute Gasteiger partial charge is 0.462 e. The zero-order chi connectivity index (χ0) is 50.0. The Bertz CT molecular complexity index is 1380. The molecule has 1 atom stereocenters. The first-order chi connectivity index (χ1) is 34.0. The van der Waals surface area contributed by atoms with Crippen molar-refractivity contribution in [2.45, 2.75) is 271 Å².